The summed E-state index contributed by atoms with van der Waals surface area (Å²) in [5, 5.41) is 4.17. The summed E-state index contributed by atoms with van der Waals surface area (Å²) in [4.78, 5) is 6.64. The fourth-order valence-electron chi connectivity index (χ4n) is 1.62. The van der Waals surface area contributed by atoms with Crippen LogP contribution in [-0.4, -0.2) is 27.7 Å². The summed E-state index contributed by atoms with van der Waals surface area (Å²) in [5.41, 5.74) is 1.10. The van der Waals surface area contributed by atoms with Crippen LogP contribution in [-0.2, 0) is 0 Å². The largest absolute Gasteiger partial charge is 0.355 e. The van der Waals surface area contributed by atoms with Gasteiger partial charge in [0.15, 0.2) is 5.82 Å². The maximum atomic E-state index is 4.37. The van der Waals surface area contributed by atoms with Crippen molar-refractivity contribution in [3.8, 4) is 0 Å². The van der Waals surface area contributed by atoms with Crippen molar-refractivity contribution in [2.24, 2.45) is 0 Å². The quantitative estimate of drug-likeness (QED) is 0.645. The maximum absolute atomic E-state index is 4.37. The molecule has 0 saturated carbocycles. The summed E-state index contributed by atoms with van der Waals surface area (Å²) in [6, 6.07) is 2.00. The average molecular weight is 174 g/mol. The van der Waals surface area contributed by atoms with Gasteiger partial charge in [0.2, 0.25) is 0 Å². The van der Waals surface area contributed by atoms with Crippen molar-refractivity contribution in [3.05, 3.63) is 24.7 Å². The predicted octanol–water partition coefficient (Wildman–Crippen LogP) is 0.939. The van der Waals surface area contributed by atoms with Gasteiger partial charge in [-0.1, -0.05) is 0 Å². The van der Waals surface area contributed by atoms with Gasteiger partial charge in [-0.25, -0.2) is 9.50 Å². The van der Waals surface area contributed by atoms with E-state index in [0.717, 1.165) is 24.4 Å². The van der Waals surface area contributed by atoms with E-state index in [-0.39, 0.29) is 0 Å². The van der Waals surface area contributed by atoms with Gasteiger partial charge in [-0.05, 0) is 12.5 Å². The molecule has 66 valence electrons. The third kappa shape index (κ3) is 0.915. The number of rotatable bonds is 1. The van der Waals surface area contributed by atoms with Crippen LogP contribution < -0.4 is 4.90 Å². The Morgan fingerprint density at radius 1 is 1.23 bits per heavy atom. The van der Waals surface area contributed by atoms with Crippen molar-refractivity contribution in [1.82, 2.24) is 14.6 Å². The monoisotopic (exact) mass is 174 g/mol. The summed E-state index contributed by atoms with van der Waals surface area (Å²) in [6.45, 7) is 2.25. The molecule has 3 rings (SSSR count). The number of anilines is 1. The van der Waals surface area contributed by atoms with Crippen molar-refractivity contribution in [2.45, 2.75) is 6.42 Å². The number of nitrogens with zero attached hydrogens (tertiary/aromatic N) is 4. The molecule has 0 spiro atoms. The lowest BCUT2D eigenvalue weighted by Crippen LogP contribution is -2.37. The summed E-state index contributed by atoms with van der Waals surface area (Å²) < 4.78 is 1.86. The molecular weight excluding hydrogens is 164 g/mol. The standard InChI is InChI=1S/C9H10N4/c1-5-12(6-1)9-8-2-3-11-13(8)7-4-10-9/h2-4,7H,1,5-6H2. The van der Waals surface area contributed by atoms with Crippen molar-refractivity contribution in [2.75, 3.05) is 18.0 Å². The van der Waals surface area contributed by atoms with Gasteiger partial charge in [0, 0.05) is 25.5 Å². The Bertz CT molecular complexity index is 430. The molecular formula is C9H10N4. The highest BCUT2D eigenvalue weighted by Crippen LogP contribution is 2.22. The highest BCUT2D eigenvalue weighted by molar-refractivity contribution is 5.68. The van der Waals surface area contributed by atoms with E-state index in [2.05, 4.69) is 15.0 Å². The van der Waals surface area contributed by atoms with Crippen molar-refractivity contribution >= 4 is 11.3 Å². The molecule has 0 bridgehead atoms. The van der Waals surface area contributed by atoms with Crippen LogP contribution in [0, 0.1) is 0 Å². The minimum atomic E-state index is 1.06. The Kier molecular flexibility index (Phi) is 1.30. The van der Waals surface area contributed by atoms with E-state index >= 15 is 0 Å². The fraction of sp³-hybridized carbons (Fsp3) is 0.333. The third-order valence-electron chi connectivity index (χ3n) is 2.46. The second-order valence-corrected chi connectivity index (χ2v) is 3.25. The van der Waals surface area contributed by atoms with Gasteiger partial charge in [0.1, 0.15) is 5.52 Å². The molecule has 0 unspecified atom stereocenters. The molecule has 1 aliphatic heterocycles. The first kappa shape index (κ1) is 6.88. The lowest BCUT2D eigenvalue weighted by atomic mass is 10.2. The van der Waals surface area contributed by atoms with Crippen LogP contribution in [0.3, 0.4) is 0 Å². The molecule has 1 aliphatic rings. The Labute approximate surface area is 75.8 Å². The molecule has 1 saturated heterocycles. The van der Waals surface area contributed by atoms with Gasteiger partial charge < -0.3 is 4.90 Å². The van der Waals surface area contributed by atoms with Crippen LogP contribution in [0.1, 0.15) is 6.42 Å². The molecule has 0 radical (unpaired) electrons. The van der Waals surface area contributed by atoms with Gasteiger partial charge in [-0.15, -0.1) is 0 Å². The van der Waals surface area contributed by atoms with Crippen molar-refractivity contribution in [3.63, 3.8) is 0 Å². The molecule has 0 N–H and O–H groups in total. The van der Waals surface area contributed by atoms with Gasteiger partial charge in [0.05, 0.1) is 6.20 Å². The van der Waals surface area contributed by atoms with E-state index in [9.17, 15) is 0 Å². The molecule has 0 aliphatic carbocycles. The lowest BCUT2D eigenvalue weighted by Gasteiger charge is -2.32. The molecule has 4 heteroatoms. The van der Waals surface area contributed by atoms with Gasteiger partial charge in [-0.3, -0.25) is 0 Å². The highest BCUT2D eigenvalue weighted by atomic mass is 15.3. The third-order valence-corrected chi connectivity index (χ3v) is 2.46. The minimum absolute atomic E-state index is 1.06. The zero-order chi connectivity index (χ0) is 8.67. The van der Waals surface area contributed by atoms with Gasteiger partial charge in [-0.2, -0.15) is 5.10 Å². The van der Waals surface area contributed by atoms with Crippen LogP contribution >= 0.6 is 0 Å². The lowest BCUT2D eigenvalue weighted by molar-refractivity contribution is 0.610. The normalized spacial score (nSPS) is 16.2. The van der Waals surface area contributed by atoms with Crippen LogP contribution in [0.5, 0.6) is 0 Å². The SMILES string of the molecule is c1cn2nccc2c(N2CCC2)n1. The second-order valence-electron chi connectivity index (χ2n) is 3.25. The zero-order valence-electron chi connectivity index (χ0n) is 7.22. The Hall–Kier alpha value is -1.58. The maximum Gasteiger partial charge on any atom is 0.154 e. The Morgan fingerprint density at radius 2 is 2.15 bits per heavy atom. The number of aromatic nitrogens is 3. The molecule has 0 aromatic carbocycles. The minimum Gasteiger partial charge on any atom is -0.355 e. The van der Waals surface area contributed by atoms with Gasteiger partial charge >= 0.3 is 0 Å². The highest BCUT2D eigenvalue weighted by Gasteiger charge is 2.18. The number of fused-ring (bicyclic) bond motifs is 1. The van der Waals surface area contributed by atoms with Crippen molar-refractivity contribution in [1.29, 1.82) is 0 Å². The van der Waals surface area contributed by atoms with E-state index < -0.39 is 0 Å². The zero-order valence-corrected chi connectivity index (χ0v) is 7.22. The second kappa shape index (κ2) is 2.45. The first-order valence-electron chi connectivity index (χ1n) is 4.48. The van der Waals surface area contributed by atoms with E-state index in [0.29, 0.717) is 0 Å². The average Bonchev–Trinajstić information content (AvgIpc) is 2.49. The van der Waals surface area contributed by atoms with Crippen LogP contribution in [0.25, 0.3) is 5.52 Å². The molecule has 2 aromatic rings. The van der Waals surface area contributed by atoms with E-state index in [1.54, 1.807) is 12.4 Å². The molecule has 4 nitrogen and oxygen atoms in total. The number of hydrogen-bond acceptors (Lipinski definition) is 3. The topological polar surface area (TPSA) is 33.4 Å². The van der Waals surface area contributed by atoms with Crippen LogP contribution in [0.4, 0.5) is 5.82 Å². The fourth-order valence-corrected chi connectivity index (χ4v) is 1.62. The molecule has 13 heavy (non-hydrogen) atoms. The van der Waals surface area contributed by atoms with E-state index in [1.807, 2.05) is 16.8 Å². The Morgan fingerprint density at radius 3 is 2.92 bits per heavy atom. The Balaban J connectivity index is 2.20. The first-order chi connectivity index (χ1) is 6.45. The van der Waals surface area contributed by atoms with Crippen LogP contribution in [0.15, 0.2) is 24.7 Å². The first-order valence-corrected chi connectivity index (χ1v) is 4.48. The molecule has 1 fully saturated rings. The van der Waals surface area contributed by atoms with E-state index in [4.69, 9.17) is 0 Å². The molecule has 0 amide bonds. The number of hydrogen-bond donors (Lipinski definition) is 0. The predicted molar refractivity (Wildman–Crippen MR) is 49.8 cm³/mol. The summed E-state index contributed by atoms with van der Waals surface area (Å²) >= 11 is 0. The van der Waals surface area contributed by atoms with Crippen LogP contribution in [0.2, 0.25) is 0 Å². The van der Waals surface area contributed by atoms with Gasteiger partial charge in [0.25, 0.3) is 0 Å². The summed E-state index contributed by atoms with van der Waals surface area (Å²) in [5.74, 6) is 1.06. The molecule has 3 heterocycles. The molecule has 2 aromatic heterocycles. The molecule has 0 atom stereocenters. The van der Waals surface area contributed by atoms with E-state index in [1.165, 1.54) is 6.42 Å². The smallest absolute Gasteiger partial charge is 0.154 e. The summed E-state index contributed by atoms with van der Waals surface area (Å²) in [7, 11) is 0. The summed E-state index contributed by atoms with van der Waals surface area (Å²) in [6.07, 6.45) is 6.75. The van der Waals surface area contributed by atoms with Crippen molar-refractivity contribution < 1.29 is 0 Å².